The Morgan fingerprint density at radius 3 is 1.50 bits per heavy atom. The van der Waals surface area contributed by atoms with Crippen molar-refractivity contribution in [2.24, 2.45) is 0 Å². The van der Waals surface area contributed by atoms with Crippen LogP contribution in [0.2, 0.25) is 0 Å². The van der Waals surface area contributed by atoms with Crippen LogP contribution in [0.4, 0.5) is 0 Å². The zero-order valence-electron chi connectivity index (χ0n) is 8.88. The third-order valence-corrected chi connectivity index (χ3v) is 2.86. The maximum absolute atomic E-state index is 2.23. The van der Waals surface area contributed by atoms with Gasteiger partial charge < -0.3 is 0 Å². The molecule has 0 fully saturated rings. The van der Waals surface area contributed by atoms with Crippen LogP contribution in [-0.4, -0.2) is 0 Å². The lowest BCUT2D eigenvalue weighted by Crippen LogP contribution is -1.87. The number of rotatable bonds is 2. The highest BCUT2D eigenvalue weighted by atomic mass is 14.1. The Bertz CT molecular complexity index is 397. The minimum absolute atomic E-state index is 1.12. The van der Waals surface area contributed by atoms with Crippen LogP contribution in [0.5, 0.6) is 0 Å². The molecule has 2 rings (SSSR count). The molecular weight excluding hydrogens is 168 g/mol. The monoisotopic (exact) mass is 184 g/mol. The Balaban J connectivity index is 2.77. The maximum Gasteiger partial charge on any atom is -0.0149 e. The van der Waals surface area contributed by atoms with Gasteiger partial charge in [0.2, 0.25) is 0 Å². The number of fused-ring (bicyclic) bond motifs is 1. The molecule has 0 nitrogen and oxygen atoms in total. The fourth-order valence-electron chi connectivity index (χ4n) is 2.06. The van der Waals surface area contributed by atoms with Crippen LogP contribution in [0.1, 0.15) is 25.0 Å². The van der Waals surface area contributed by atoms with Crippen LogP contribution in [0.15, 0.2) is 36.4 Å². The average Bonchev–Trinajstić information content (AvgIpc) is 2.27. The van der Waals surface area contributed by atoms with E-state index in [1.165, 1.54) is 21.9 Å². The lowest BCUT2D eigenvalue weighted by molar-refractivity contribution is 1.14. The number of aryl methyl sites for hydroxylation is 2. The highest BCUT2D eigenvalue weighted by Crippen LogP contribution is 2.23. The van der Waals surface area contributed by atoms with E-state index in [1.54, 1.807) is 0 Å². The molecule has 0 unspecified atom stereocenters. The van der Waals surface area contributed by atoms with Crippen molar-refractivity contribution in [2.45, 2.75) is 26.7 Å². The summed E-state index contributed by atoms with van der Waals surface area (Å²) in [5.41, 5.74) is 2.91. The second-order valence-electron chi connectivity index (χ2n) is 3.64. The lowest BCUT2D eigenvalue weighted by Gasteiger charge is -2.07. The van der Waals surface area contributed by atoms with Gasteiger partial charge >= 0.3 is 0 Å². The molecule has 0 bridgehead atoms. The molecule has 0 aliphatic carbocycles. The van der Waals surface area contributed by atoms with E-state index in [-0.39, 0.29) is 0 Å². The third kappa shape index (κ3) is 1.41. The fraction of sp³-hybridized carbons (Fsp3) is 0.286. The van der Waals surface area contributed by atoms with E-state index in [1.807, 2.05) is 0 Å². The van der Waals surface area contributed by atoms with Gasteiger partial charge in [0, 0.05) is 0 Å². The number of hydrogen-bond donors (Lipinski definition) is 0. The molecule has 0 saturated carbocycles. The second kappa shape index (κ2) is 3.83. The molecular formula is C14H16. The summed E-state index contributed by atoms with van der Waals surface area (Å²) in [4.78, 5) is 0. The van der Waals surface area contributed by atoms with Gasteiger partial charge in [0.1, 0.15) is 0 Å². The molecule has 0 radical (unpaired) electrons. The van der Waals surface area contributed by atoms with Crippen molar-refractivity contribution in [1.82, 2.24) is 0 Å². The van der Waals surface area contributed by atoms with E-state index in [9.17, 15) is 0 Å². The highest BCUT2D eigenvalue weighted by Gasteiger charge is 2.01. The van der Waals surface area contributed by atoms with E-state index in [2.05, 4.69) is 50.2 Å². The predicted molar refractivity (Wildman–Crippen MR) is 62.7 cm³/mol. The molecule has 2 aromatic carbocycles. The van der Waals surface area contributed by atoms with Crippen molar-refractivity contribution in [3.05, 3.63) is 47.5 Å². The van der Waals surface area contributed by atoms with Crippen molar-refractivity contribution < 1.29 is 0 Å². The maximum atomic E-state index is 2.23. The smallest absolute Gasteiger partial charge is 0.0149 e. The summed E-state index contributed by atoms with van der Waals surface area (Å²) in [6, 6.07) is 13.2. The predicted octanol–water partition coefficient (Wildman–Crippen LogP) is 3.96. The fourth-order valence-corrected chi connectivity index (χ4v) is 2.06. The number of benzene rings is 2. The molecule has 0 aliphatic rings. The van der Waals surface area contributed by atoms with E-state index < -0.39 is 0 Å². The van der Waals surface area contributed by atoms with Crippen molar-refractivity contribution >= 4 is 10.8 Å². The van der Waals surface area contributed by atoms with Gasteiger partial charge in [-0.05, 0) is 34.7 Å². The van der Waals surface area contributed by atoms with Gasteiger partial charge in [0.25, 0.3) is 0 Å². The first-order chi connectivity index (χ1) is 6.86. The minimum Gasteiger partial charge on any atom is -0.0613 e. The molecule has 2 aromatic rings. The van der Waals surface area contributed by atoms with Crippen molar-refractivity contribution in [3.63, 3.8) is 0 Å². The van der Waals surface area contributed by atoms with Gasteiger partial charge in [-0.15, -0.1) is 0 Å². The summed E-state index contributed by atoms with van der Waals surface area (Å²) >= 11 is 0. The standard InChI is InChI=1S/C14H16/c1-3-11-7-5-10-14-12(4-2)8-6-9-13(11)14/h5-10H,3-4H2,1-2H3. The summed E-state index contributed by atoms with van der Waals surface area (Å²) in [6.45, 7) is 4.43. The van der Waals surface area contributed by atoms with Crippen LogP contribution >= 0.6 is 0 Å². The van der Waals surface area contributed by atoms with E-state index in [0.717, 1.165) is 12.8 Å². The summed E-state index contributed by atoms with van der Waals surface area (Å²) in [5, 5.41) is 2.85. The Morgan fingerprint density at radius 2 is 1.14 bits per heavy atom. The number of hydrogen-bond acceptors (Lipinski definition) is 0. The van der Waals surface area contributed by atoms with Gasteiger partial charge in [0.15, 0.2) is 0 Å². The molecule has 0 amide bonds. The van der Waals surface area contributed by atoms with E-state index in [0.29, 0.717) is 0 Å². The highest BCUT2D eigenvalue weighted by molar-refractivity contribution is 5.88. The molecule has 0 spiro atoms. The summed E-state index contributed by atoms with van der Waals surface area (Å²) < 4.78 is 0. The second-order valence-corrected chi connectivity index (χ2v) is 3.64. The Hall–Kier alpha value is -1.30. The first-order valence-corrected chi connectivity index (χ1v) is 5.36. The molecule has 0 heterocycles. The first-order valence-electron chi connectivity index (χ1n) is 5.36. The Labute approximate surface area is 85.6 Å². The van der Waals surface area contributed by atoms with Crippen LogP contribution in [0.25, 0.3) is 10.8 Å². The first kappa shape index (κ1) is 9.26. The van der Waals surface area contributed by atoms with E-state index >= 15 is 0 Å². The molecule has 0 aromatic heterocycles. The van der Waals surface area contributed by atoms with Crippen molar-refractivity contribution in [2.75, 3.05) is 0 Å². The largest absolute Gasteiger partial charge is 0.0613 e. The van der Waals surface area contributed by atoms with Gasteiger partial charge in [-0.25, -0.2) is 0 Å². The molecule has 0 aliphatic heterocycles. The summed E-state index contributed by atoms with van der Waals surface area (Å²) in [7, 11) is 0. The topological polar surface area (TPSA) is 0 Å². The van der Waals surface area contributed by atoms with Crippen molar-refractivity contribution in [3.8, 4) is 0 Å². The van der Waals surface area contributed by atoms with Gasteiger partial charge in [-0.2, -0.15) is 0 Å². The molecule has 0 saturated heterocycles. The zero-order chi connectivity index (χ0) is 9.97. The van der Waals surface area contributed by atoms with Gasteiger partial charge in [-0.3, -0.25) is 0 Å². The van der Waals surface area contributed by atoms with Gasteiger partial charge in [-0.1, -0.05) is 50.2 Å². The molecule has 14 heavy (non-hydrogen) atoms. The van der Waals surface area contributed by atoms with E-state index in [4.69, 9.17) is 0 Å². The summed E-state index contributed by atoms with van der Waals surface area (Å²) in [6.07, 6.45) is 2.23. The van der Waals surface area contributed by atoms with Crippen LogP contribution in [0.3, 0.4) is 0 Å². The van der Waals surface area contributed by atoms with Crippen LogP contribution in [-0.2, 0) is 12.8 Å². The van der Waals surface area contributed by atoms with Crippen LogP contribution in [0, 0.1) is 0 Å². The van der Waals surface area contributed by atoms with Crippen LogP contribution < -0.4 is 0 Å². The molecule has 0 N–H and O–H groups in total. The third-order valence-electron chi connectivity index (χ3n) is 2.86. The van der Waals surface area contributed by atoms with Gasteiger partial charge in [0.05, 0.1) is 0 Å². The SMILES string of the molecule is CCc1cccc2c(CC)cccc12. The summed E-state index contributed by atoms with van der Waals surface area (Å²) in [5.74, 6) is 0. The normalized spacial score (nSPS) is 10.7. The lowest BCUT2D eigenvalue weighted by atomic mass is 9.98. The Morgan fingerprint density at radius 1 is 0.714 bits per heavy atom. The quantitative estimate of drug-likeness (QED) is 0.662. The van der Waals surface area contributed by atoms with Crippen molar-refractivity contribution in [1.29, 1.82) is 0 Å². The zero-order valence-corrected chi connectivity index (χ0v) is 8.88. The average molecular weight is 184 g/mol. The molecule has 72 valence electrons. The molecule has 0 atom stereocenters. The molecule has 0 heteroatoms. The minimum atomic E-state index is 1.12. The Kier molecular flexibility index (Phi) is 2.53.